The van der Waals surface area contributed by atoms with E-state index in [0.29, 0.717) is 5.92 Å². The zero-order valence-corrected chi connectivity index (χ0v) is 17.3. The van der Waals surface area contributed by atoms with Gasteiger partial charge in [-0.3, -0.25) is 0 Å². The normalized spacial score (nSPS) is 10.9. The average Bonchev–Trinajstić information content (AvgIpc) is 1.93. The number of hydrogen-bond donors (Lipinski definition) is 3. The molecule has 0 aromatic carbocycles. The second kappa shape index (κ2) is 13.0. The summed E-state index contributed by atoms with van der Waals surface area (Å²) in [4.78, 5) is 0. The molecule has 0 heterocycles. The predicted molar refractivity (Wildman–Crippen MR) is 84.6 cm³/mol. The summed E-state index contributed by atoms with van der Waals surface area (Å²) in [6.45, 7) is 19.9. The molecule has 20 heavy (non-hydrogen) atoms. The molecule has 0 atom stereocenters. The second-order valence-electron chi connectivity index (χ2n) is 7.79. The van der Waals surface area contributed by atoms with E-state index in [1.54, 1.807) is 62.3 Å². The molecular formula is C16H37MoO3. The quantitative estimate of drug-likeness (QED) is 0.570. The van der Waals surface area contributed by atoms with Gasteiger partial charge in [-0.05, 0) is 62.3 Å². The van der Waals surface area contributed by atoms with Crippen LogP contribution in [0.4, 0.5) is 0 Å². The maximum atomic E-state index is 8.52. The molecule has 0 aliphatic rings. The van der Waals surface area contributed by atoms with Crippen molar-refractivity contribution in [2.24, 2.45) is 5.92 Å². The molecule has 0 aliphatic heterocycles. The van der Waals surface area contributed by atoms with Crippen LogP contribution in [0.15, 0.2) is 0 Å². The van der Waals surface area contributed by atoms with E-state index in [1.807, 2.05) is 19.2 Å². The van der Waals surface area contributed by atoms with Crippen LogP contribution in [0.3, 0.4) is 0 Å². The average molecular weight is 373 g/mol. The molecule has 0 spiro atoms. The Hall–Kier alpha value is 0.348. The first kappa shape index (κ1) is 28.5. The van der Waals surface area contributed by atoms with E-state index in [-0.39, 0.29) is 0 Å². The summed E-state index contributed by atoms with van der Waals surface area (Å²) < 4.78 is 3.04. The molecular weight excluding hydrogens is 336 g/mol. The van der Waals surface area contributed by atoms with Crippen molar-refractivity contribution in [3.63, 3.8) is 0 Å². The van der Waals surface area contributed by atoms with Gasteiger partial charge in [0.05, 0.1) is 16.8 Å². The van der Waals surface area contributed by atoms with E-state index in [1.165, 1.54) is 0 Å². The van der Waals surface area contributed by atoms with Crippen LogP contribution in [-0.4, -0.2) is 32.1 Å². The molecule has 0 unspecified atom stereocenters. The molecule has 0 amide bonds. The van der Waals surface area contributed by atoms with Crippen LogP contribution in [0.1, 0.15) is 76.2 Å². The summed E-state index contributed by atoms with van der Waals surface area (Å²) in [5.74, 6) is 0.639. The van der Waals surface area contributed by atoms with Crippen molar-refractivity contribution in [3.8, 4) is 4.20 Å². The minimum atomic E-state index is -0.500. The Kier molecular flexibility index (Phi) is 18.6. The molecule has 3 N–H and O–H groups in total. The monoisotopic (exact) mass is 375 g/mol. The summed E-state index contributed by atoms with van der Waals surface area (Å²) in [6.07, 6.45) is 0. The van der Waals surface area contributed by atoms with E-state index in [9.17, 15) is 0 Å². The van der Waals surface area contributed by atoms with Gasteiger partial charge >= 0.3 is 43.1 Å². The second-order valence-corrected chi connectivity index (χ2v) is 8.36. The van der Waals surface area contributed by atoms with Gasteiger partial charge in [0.2, 0.25) is 0 Å². The fourth-order valence-corrected chi connectivity index (χ4v) is 0. The van der Waals surface area contributed by atoms with Gasteiger partial charge in [-0.2, -0.15) is 0 Å². The van der Waals surface area contributed by atoms with Gasteiger partial charge in [0, 0.05) is 0 Å². The Morgan fingerprint density at radius 2 is 0.700 bits per heavy atom. The molecule has 4 heteroatoms. The molecule has 0 bridgehead atoms. The third-order valence-electron chi connectivity index (χ3n) is 0.236. The Bertz CT molecular complexity index is 188. The number of hydrogen-bond acceptors (Lipinski definition) is 3. The predicted octanol–water partition coefficient (Wildman–Crippen LogP) is 3.48. The van der Waals surface area contributed by atoms with Gasteiger partial charge in [-0.25, -0.2) is 0 Å². The van der Waals surface area contributed by atoms with E-state index >= 15 is 0 Å². The van der Waals surface area contributed by atoms with E-state index in [4.69, 9.17) is 15.3 Å². The first-order valence-corrected chi connectivity index (χ1v) is 7.82. The van der Waals surface area contributed by atoms with Gasteiger partial charge in [-0.15, -0.1) is 0 Å². The number of aliphatic hydroxyl groups is 3. The van der Waals surface area contributed by atoms with Crippen molar-refractivity contribution in [2.45, 2.75) is 93.0 Å². The Labute approximate surface area is 137 Å². The first-order valence-electron chi connectivity index (χ1n) is 6.82. The van der Waals surface area contributed by atoms with Crippen molar-refractivity contribution in [3.05, 3.63) is 0 Å². The standard InChI is InChI=1S/3C4H10O.C4H7.Mo/c3*1-4(2,3)5;1-4(2)3;/h3*5H,1-3H3;4H,1-2H3;. The zero-order valence-electron chi connectivity index (χ0n) is 15.3. The fourth-order valence-electron chi connectivity index (χ4n) is 0. The molecule has 0 aliphatic carbocycles. The zero-order chi connectivity index (χ0) is 17.8. The Morgan fingerprint density at radius 1 is 0.650 bits per heavy atom. The molecule has 0 saturated heterocycles. The summed E-state index contributed by atoms with van der Waals surface area (Å²) in [7, 11) is 0. The van der Waals surface area contributed by atoms with Crippen LogP contribution >= 0.6 is 0 Å². The minimum absolute atomic E-state index is 0.500. The Morgan fingerprint density at radius 3 is 0.700 bits per heavy atom. The van der Waals surface area contributed by atoms with Crippen molar-refractivity contribution in [1.82, 2.24) is 0 Å². The van der Waals surface area contributed by atoms with Gasteiger partial charge in [0.15, 0.2) is 0 Å². The molecule has 0 fully saturated rings. The molecule has 0 saturated carbocycles. The molecule has 3 nitrogen and oxygen atoms in total. The van der Waals surface area contributed by atoms with Crippen LogP contribution in [0.25, 0.3) is 0 Å². The summed E-state index contributed by atoms with van der Waals surface area (Å²) in [5.41, 5.74) is -1.50. The fraction of sp³-hybridized carbons (Fsp3) is 0.938. The van der Waals surface area contributed by atoms with Crippen molar-refractivity contribution >= 4 is 0 Å². The van der Waals surface area contributed by atoms with Crippen molar-refractivity contribution in [2.75, 3.05) is 0 Å². The van der Waals surface area contributed by atoms with Crippen molar-refractivity contribution < 1.29 is 34.5 Å². The molecule has 0 radical (unpaired) electrons. The van der Waals surface area contributed by atoms with E-state index in [0.717, 1.165) is 0 Å². The summed E-state index contributed by atoms with van der Waals surface area (Å²) in [5, 5.41) is 25.6. The van der Waals surface area contributed by atoms with Crippen LogP contribution in [0.2, 0.25) is 0 Å². The molecule has 125 valence electrons. The van der Waals surface area contributed by atoms with E-state index in [2.05, 4.69) is 18.0 Å². The van der Waals surface area contributed by atoms with Crippen LogP contribution in [0, 0.1) is 10.1 Å². The van der Waals surface area contributed by atoms with Gasteiger partial charge in [0.25, 0.3) is 0 Å². The van der Waals surface area contributed by atoms with Gasteiger partial charge in [-0.1, -0.05) is 0 Å². The molecule has 0 rings (SSSR count). The van der Waals surface area contributed by atoms with Gasteiger partial charge in [0.1, 0.15) is 0 Å². The third kappa shape index (κ3) is 1000. The third-order valence-corrected chi connectivity index (χ3v) is 1.39. The topological polar surface area (TPSA) is 60.7 Å². The summed E-state index contributed by atoms with van der Waals surface area (Å²) in [6, 6.07) is 0. The van der Waals surface area contributed by atoms with Crippen LogP contribution in [-0.2, 0) is 19.2 Å². The van der Waals surface area contributed by atoms with Gasteiger partial charge < -0.3 is 15.3 Å². The summed E-state index contributed by atoms with van der Waals surface area (Å²) >= 11 is 1.89. The molecule has 0 aromatic heterocycles. The van der Waals surface area contributed by atoms with Crippen LogP contribution in [0.5, 0.6) is 0 Å². The van der Waals surface area contributed by atoms with E-state index < -0.39 is 16.8 Å². The number of rotatable bonds is 0. The maximum absolute atomic E-state index is 8.52. The Balaban J connectivity index is -0.0000000853. The first-order chi connectivity index (χ1) is 8.27. The van der Waals surface area contributed by atoms with Crippen LogP contribution < -0.4 is 0 Å². The van der Waals surface area contributed by atoms with Crippen molar-refractivity contribution in [1.29, 1.82) is 0 Å². The SMILES string of the molecule is CC(C)(C)O.CC(C)(C)O.CC(C)(C)O.CC(C)[C]#[Mo]. The molecule has 0 aromatic rings.